The second-order valence-electron chi connectivity index (χ2n) is 3.38. The van der Waals surface area contributed by atoms with Gasteiger partial charge in [0.25, 0.3) is 0 Å². The van der Waals surface area contributed by atoms with E-state index in [1.54, 1.807) is 11.9 Å². The highest BCUT2D eigenvalue weighted by atomic mass is 35.5. The van der Waals surface area contributed by atoms with Crippen LogP contribution in [-0.2, 0) is 4.79 Å². The Bertz CT molecular complexity index is 381. The topological polar surface area (TPSA) is 71.0 Å². The fraction of sp³-hybridized carbons (Fsp3) is 0.556. The van der Waals surface area contributed by atoms with E-state index < -0.39 is 0 Å². The average molecular weight is 278 g/mol. The van der Waals surface area contributed by atoms with E-state index in [-0.39, 0.29) is 29.0 Å². The molecule has 0 aliphatic heterocycles. The highest BCUT2D eigenvalue weighted by Gasteiger charge is 2.11. The summed E-state index contributed by atoms with van der Waals surface area (Å²) >= 11 is 11.3. The van der Waals surface area contributed by atoms with Gasteiger partial charge in [0.05, 0.1) is 6.54 Å². The van der Waals surface area contributed by atoms with Crippen LogP contribution in [0.1, 0.15) is 13.3 Å². The van der Waals surface area contributed by atoms with E-state index >= 15 is 0 Å². The molecule has 8 heteroatoms. The van der Waals surface area contributed by atoms with Crippen LogP contribution in [0.25, 0.3) is 0 Å². The Balaban J connectivity index is 2.63. The number of hydrogen-bond acceptors (Lipinski definition) is 5. The van der Waals surface area contributed by atoms with Crippen LogP contribution in [0.3, 0.4) is 0 Å². The zero-order valence-electron chi connectivity index (χ0n) is 9.57. The molecular weight excluding hydrogens is 265 g/mol. The first-order valence-electron chi connectivity index (χ1n) is 5.07. The molecule has 0 aliphatic rings. The fourth-order valence-electron chi connectivity index (χ4n) is 1.09. The lowest BCUT2D eigenvalue weighted by Gasteiger charge is -2.16. The zero-order valence-corrected chi connectivity index (χ0v) is 11.1. The van der Waals surface area contributed by atoms with Crippen LogP contribution in [0.4, 0.5) is 5.95 Å². The van der Waals surface area contributed by atoms with Gasteiger partial charge in [-0.2, -0.15) is 15.0 Å². The Kier molecular flexibility index (Phi) is 5.37. The summed E-state index contributed by atoms with van der Waals surface area (Å²) < 4.78 is 0. The smallest absolute Gasteiger partial charge is 0.239 e. The predicted octanol–water partition coefficient (Wildman–Crippen LogP) is 1.14. The van der Waals surface area contributed by atoms with E-state index in [0.29, 0.717) is 6.54 Å². The lowest BCUT2D eigenvalue weighted by atomic mass is 10.4. The van der Waals surface area contributed by atoms with Gasteiger partial charge in [0.1, 0.15) is 0 Å². The van der Waals surface area contributed by atoms with Crippen LogP contribution >= 0.6 is 23.2 Å². The Hall–Kier alpha value is -1.14. The quantitative estimate of drug-likeness (QED) is 0.874. The first kappa shape index (κ1) is 13.9. The molecule has 1 heterocycles. The van der Waals surface area contributed by atoms with Gasteiger partial charge < -0.3 is 10.2 Å². The molecule has 1 rings (SSSR count). The summed E-state index contributed by atoms with van der Waals surface area (Å²) in [7, 11) is 1.67. The van der Waals surface area contributed by atoms with Gasteiger partial charge in [-0.15, -0.1) is 0 Å². The molecule has 0 fully saturated rings. The minimum Gasteiger partial charge on any atom is -0.355 e. The van der Waals surface area contributed by atoms with E-state index in [2.05, 4.69) is 20.3 Å². The summed E-state index contributed by atoms with van der Waals surface area (Å²) in [6, 6.07) is 0. The normalized spacial score (nSPS) is 10.1. The van der Waals surface area contributed by atoms with Crippen LogP contribution in [-0.4, -0.2) is 41.0 Å². The van der Waals surface area contributed by atoms with Gasteiger partial charge in [-0.3, -0.25) is 4.79 Å². The van der Waals surface area contributed by atoms with Crippen LogP contribution in [0.2, 0.25) is 10.6 Å². The molecule has 1 N–H and O–H groups in total. The summed E-state index contributed by atoms with van der Waals surface area (Å²) in [5, 5.41) is 2.75. The number of nitrogens with one attached hydrogen (secondary N) is 1. The van der Waals surface area contributed by atoms with Crippen molar-refractivity contribution < 1.29 is 4.79 Å². The van der Waals surface area contributed by atoms with E-state index in [4.69, 9.17) is 23.2 Å². The number of amides is 1. The minimum atomic E-state index is -0.109. The Morgan fingerprint density at radius 2 is 1.88 bits per heavy atom. The van der Waals surface area contributed by atoms with Gasteiger partial charge in [0.2, 0.25) is 22.4 Å². The molecule has 0 saturated carbocycles. The maximum atomic E-state index is 11.5. The second-order valence-corrected chi connectivity index (χ2v) is 4.06. The fourth-order valence-corrected chi connectivity index (χ4v) is 1.45. The van der Waals surface area contributed by atoms with Gasteiger partial charge in [0.15, 0.2) is 0 Å². The number of carbonyl (C=O) groups excluding carboxylic acids is 1. The number of anilines is 1. The average Bonchev–Trinajstić information content (AvgIpc) is 2.25. The molecule has 17 heavy (non-hydrogen) atoms. The second kappa shape index (κ2) is 6.56. The highest BCUT2D eigenvalue weighted by molar-refractivity contribution is 6.31. The number of nitrogens with zero attached hydrogens (tertiary/aromatic N) is 4. The largest absolute Gasteiger partial charge is 0.355 e. The monoisotopic (exact) mass is 277 g/mol. The van der Waals surface area contributed by atoms with Crippen molar-refractivity contribution in [1.82, 2.24) is 20.3 Å². The van der Waals surface area contributed by atoms with Gasteiger partial charge in [-0.05, 0) is 29.6 Å². The minimum absolute atomic E-state index is 0.000756. The van der Waals surface area contributed by atoms with Crippen molar-refractivity contribution in [1.29, 1.82) is 0 Å². The van der Waals surface area contributed by atoms with E-state index in [1.165, 1.54) is 0 Å². The molecule has 1 aromatic rings. The Morgan fingerprint density at radius 1 is 1.29 bits per heavy atom. The van der Waals surface area contributed by atoms with Gasteiger partial charge in [-0.1, -0.05) is 6.92 Å². The third-order valence-corrected chi connectivity index (χ3v) is 2.20. The molecule has 1 amide bonds. The summed E-state index contributed by atoms with van der Waals surface area (Å²) in [4.78, 5) is 24.4. The lowest BCUT2D eigenvalue weighted by Crippen LogP contribution is -2.36. The standard InChI is InChI=1S/C9H13Cl2N5O/c1-3-4-12-6(17)5-16(2)9-14-7(10)13-8(11)15-9/h3-5H2,1-2H3,(H,12,17). The van der Waals surface area contributed by atoms with Crippen molar-refractivity contribution in [3.8, 4) is 0 Å². The number of hydrogen-bond donors (Lipinski definition) is 1. The van der Waals surface area contributed by atoms with Gasteiger partial charge >= 0.3 is 0 Å². The molecule has 0 unspecified atom stereocenters. The van der Waals surface area contributed by atoms with Crippen molar-refractivity contribution in [3.05, 3.63) is 10.6 Å². The lowest BCUT2D eigenvalue weighted by molar-refractivity contribution is -0.119. The molecule has 1 aromatic heterocycles. The number of carbonyl (C=O) groups is 1. The number of likely N-dealkylation sites (N-methyl/N-ethyl adjacent to an activating group) is 1. The summed E-state index contributed by atoms with van der Waals surface area (Å²) in [6.45, 7) is 2.76. The molecular formula is C9H13Cl2N5O. The van der Waals surface area contributed by atoms with Crippen molar-refractivity contribution in [2.75, 3.05) is 25.0 Å². The number of rotatable bonds is 5. The van der Waals surface area contributed by atoms with Crippen LogP contribution in [0, 0.1) is 0 Å². The molecule has 0 radical (unpaired) electrons. The van der Waals surface area contributed by atoms with Crippen molar-refractivity contribution >= 4 is 35.1 Å². The Labute approximate surface area is 109 Å². The van der Waals surface area contributed by atoms with Crippen LogP contribution in [0.15, 0.2) is 0 Å². The first-order chi connectivity index (χ1) is 8.02. The summed E-state index contributed by atoms with van der Waals surface area (Å²) in [5.41, 5.74) is 0. The first-order valence-corrected chi connectivity index (χ1v) is 5.83. The van der Waals surface area contributed by atoms with Gasteiger partial charge in [-0.25, -0.2) is 0 Å². The molecule has 0 spiro atoms. The van der Waals surface area contributed by atoms with E-state index in [9.17, 15) is 4.79 Å². The summed E-state index contributed by atoms with van der Waals surface area (Å²) in [5.74, 6) is 0.156. The number of aromatic nitrogens is 3. The highest BCUT2D eigenvalue weighted by Crippen LogP contribution is 2.12. The molecule has 0 saturated heterocycles. The number of halogens is 2. The molecule has 0 aromatic carbocycles. The maximum absolute atomic E-state index is 11.5. The summed E-state index contributed by atoms with van der Waals surface area (Å²) in [6.07, 6.45) is 0.888. The van der Waals surface area contributed by atoms with Crippen molar-refractivity contribution in [3.63, 3.8) is 0 Å². The van der Waals surface area contributed by atoms with Crippen LogP contribution in [0.5, 0.6) is 0 Å². The van der Waals surface area contributed by atoms with Crippen molar-refractivity contribution in [2.24, 2.45) is 0 Å². The predicted molar refractivity (Wildman–Crippen MR) is 66.4 cm³/mol. The SMILES string of the molecule is CCCNC(=O)CN(C)c1nc(Cl)nc(Cl)n1. The zero-order chi connectivity index (χ0) is 12.8. The van der Waals surface area contributed by atoms with Crippen molar-refractivity contribution in [2.45, 2.75) is 13.3 Å². The molecule has 94 valence electrons. The molecule has 0 atom stereocenters. The molecule has 0 aliphatic carbocycles. The molecule has 0 bridgehead atoms. The van der Waals surface area contributed by atoms with Crippen LogP contribution < -0.4 is 10.2 Å². The van der Waals surface area contributed by atoms with Gasteiger partial charge in [0, 0.05) is 13.6 Å². The third kappa shape index (κ3) is 4.70. The molecule has 6 nitrogen and oxygen atoms in total. The van der Waals surface area contributed by atoms with E-state index in [0.717, 1.165) is 6.42 Å². The maximum Gasteiger partial charge on any atom is 0.239 e. The Morgan fingerprint density at radius 3 is 2.41 bits per heavy atom. The third-order valence-electron chi connectivity index (χ3n) is 1.86. The van der Waals surface area contributed by atoms with E-state index in [1.807, 2.05) is 6.92 Å².